The molecule has 2 N–H and O–H groups in total. The number of carbonyl (C=O) groups is 1. The summed E-state index contributed by atoms with van der Waals surface area (Å²) in [5.41, 5.74) is 0. The second-order valence-corrected chi connectivity index (χ2v) is 1.79. The second-order valence-electron chi connectivity index (χ2n) is 1.79. The van der Waals surface area contributed by atoms with Crippen LogP contribution < -0.4 is 5.32 Å². The lowest BCUT2D eigenvalue weighted by atomic mass is 10.4. The van der Waals surface area contributed by atoms with Crippen molar-refractivity contribution in [2.24, 2.45) is 0 Å². The number of amides is 1. The van der Waals surface area contributed by atoms with Crippen molar-refractivity contribution >= 4 is 5.91 Å². The lowest BCUT2D eigenvalue weighted by molar-refractivity contribution is -0.119. The van der Waals surface area contributed by atoms with Crippen LogP contribution >= 0.6 is 0 Å². The van der Waals surface area contributed by atoms with Gasteiger partial charge in [-0.05, 0) is 6.92 Å². The van der Waals surface area contributed by atoms with Crippen LogP contribution in [-0.4, -0.2) is 23.7 Å². The number of aliphatic hydroxyl groups is 1. The molecule has 0 rings (SSSR count). The van der Waals surface area contributed by atoms with Crippen molar-refractivity contribution in [3.05, 3.63) is 0 Å². The van der Waals surface area contributed by atoms with Gasteiger partial charge in [0.25, 0.3) is 0 Å². The monoisotopic (exact) mass is 147 g/mol. The van der Waals surface area contributed by atoms with Crippen molar-refractivity contribution in [2.45, 2.75) is 33.8 Å². The molecule has 0 aromatic rings. The summed E-state index contributed by atoms with van der Waals surface area (Å²) in [5.74, 6) is -0.106. The minimum absolute atomic E-state index is 0.106. The Hall–Kier alpha value is -0.570. The molecule has 0 aromatic heterocycles. The van der Waals surface area contributed by atoms with E-state index in [2.05, 4.69) is 5.32 Å². The zero-order valence-corrected chi connectivity index (χ0v) is 7.14. The van der Waals surface area contributed by atoms with Gasteiger partial charge in [0.05, 0.1) is 6.10 Å². The molecule has 3 nitrogen and oxygen atoms in total. The molecule has 62 valence electrons. The zero-order chi connectivity index (χ0) is 8.57. The molecule has 0 saturated heterocycles. The third-order valence-electron chi connectivity index (χ3n) is 0.646. The van der Waals surface area contributed by atoms with Crippen molar-refractivity contribution in [1.29, 1.82) is 0 Å². The van der Waals surface area contributed by atoms with E-state index >= 15 is 0 Å². The molecule has 0 aliphatic rings. The topological polar surface area (TPSA) is 49.3 Å². The van der Waals surface area contributed by atoms with Gasteiger partial charge in [-0.2, -0.15) is 0 Å². The van der Waals surface area contributed by atoms with Crippen molar-refractivity contribution in [3.63, 3.8) is 0 Å². The van der Waals surface area contributed by atoms with Crippen LogP contribution in [0.5, 0.6) is 0 Å². The predicted octanol–water partition coefficient (Wildman–Crippen LogP) is 0.529. The van der Waals surface area contributed by atoms with Gasteiger partial charge in [0, 0.05) is 13.5 Å². The summed E-state index contributed by atoms with van der Waals surface area (Å²) < 4.78 is 0. The summed E-state index contributed by atoms with van der Waals surface area (Å²) in [6, 6.07) is 0. The normalized spacial score (nSPS) is 10.9. The highest BCUT2D eigenvalue weighted by atomic mass is 16.3. The molecule has 0 heterocycles. The molecule has 0 radical (unpaired) electrons. The maximum absolute atomic E-state index is 10.1. The van der Waals surface area contributed by atoms with Gasteiger partial charge in [-0.3, -0.25) is 4.79 Å². The number of carbonyl (C=O) groups excluding carboxylic acids is 1. The minimum atomic E-state index is -0.445. The van der Waals surface area contributed by atoms with Gasteiger partial charge in [0.2, 0.25) is 5.91 Å². The smallest absolute Gasteiger partial charge is 0.216 e. The zero-order valence-electron chi connectivity index (χ0n) is 7.14. The molecular weight excluding hydrogens is 130 g/mol. The van der Waals surface area contributed by atoms with Crippen molar-refractivity contribution in [3.8, 4) is 0 Å². The van der Waals surface area contributed by atoms with Crippen LogP contribution in [0.4, 0.5) is 0 Å². The fraction of sp³-hybridized carbons (Fsp3) is 0.857. The fourth-order valence-corrected chi connectivity index (χ4v) is 0.291. The Labute approximate surface area is 62.4 Å². The lowest BCUT2D eigenvalue weighted by Crippen LogP contribution is -2.28. The molecule has 0 aromatic carbocycles. The summed E-state index contributed by atoms with van der Waals surface area (Å²) >= 11 is 0. The van der Waals surface area contributed by atoms with Crippen molar-refractivity contribution in [2.75, 3.05) is 6.54 Å². The average Bonchev–Trinajstić information content (AvgIpc) is 1.89. The lowest BCUT2D eigenvalue weighted by Gasteiger charge is -2.02. The van der Waals surface area contributed by atoms with Crippen LogP contribution in [0.15, 0.2) is 0 Å². The molecule has 0 aliphatic heterocycles. The summed E-state index contributed by atoms with van der Waals surface area (Å²) in [7, 11) is 0. The first-order chi connectivity index (χ1) is 4.63. The van der Waals surface area contributed by atoms with Crippen LogP contribution in [0.25, 0.3) is 0 Å². The van der Waals surface area contributed by atoms with Crippen LogP contribution in [0.3, 0.4) is 0 Å². The number of aliphatic hydroxyl groups excluding tert-OH is 1. The average molecular weight is 147 g/mol. The van der Waals surface area contributed by atoms with Gasteiger partial charge in [0.1, 0.15) is 0 Å². The predicted molar refractivity (Wildman–Crippen MR) is 41.7 cm³/mol. The van der Waals surface area contributed by atoms with E-state index in [9.17, 15) is 4.79 Å². The molecule has 0 bridgehead atoms. The van der Waals surface area contributed by atoms with Gasteiger partial charge in [0.15, 0.2) is 0 Å². The number of hydrogen-bond donors (Lipinski definition) is 2. The molecule has 1 unspecified atom stereocenters. The molecule has 0 fully saturated rings. The number of rotatable bonds is 2. The summed E-state index contributed by atoms with van der Waals surface area (Å²) in [6.45, 7) is 7.38. The van der Waals surface area contributed by atoms with E-state index in [1.165, 1.54) is 6.92 Å². The number of nitrogens with one attached hydrogen (secondary N) is 1. The maximum Gasteiger partial charge on any atom is 0.216 e. The van der Waals surface area contributed by atoms with Gasteiger partial charge < -0.3 is 10.4 Å². The molecule has 1 amide bonds. The van der Waals surface area contributed by atoms with Gasteiger partial charge in [-0.1, -0.05) is 13.8 Å². The van der Waals surface area contributed by atoms with E-state index in [0.717, 1.165) is 0 Å². The van der Waals surface area contributed by atoms with Crippen LogP contribution in [0, 0.1) is 0 Å². The molecule has 1 atom stereocenters. The van der Waals surface area contributed by atoms with Crippen LogP contribution in [-0.2, 0) is 4.79 Å². The quantitative estimate of drug-likeness (QED) is 0.598. The molecule has 0 saturated carbocycles. The molecule has 0 spiro atoms. The third-order valence-corrected chi connectivity index (χ3v) is 0.646. The van der Waals surface area contributed by atoms with E-state index in [-0.39, 0.29) is 5.91 Å². The summed E-state index contributed by atoms with van der Waals surface area (Å²) in [6.07, 6.45) is -0.445. The first-order valence-corrected chi connectivity index (χ1v) is 3.55. The summed E-state index contributed by atoms with van der Waals surface area (Å²) in [5, 5.41) is 11.0. The first kappa shape index (κ1) is 12.1. The Morgan fingerprint density at radius 3 is 2.10 bits per heavy atom. The van der Waals surface area contributed by atoms with Gasteiger partial charge >= 0.3 is 0 Å². The van der Waals surface area contributed by atoms with E-state index in [0.29, 0.717) is 6.54 Å². The van der Waals surface area contributed by atoms with E-state index in [4.69, 9.17) is 5.11 Å². The van der Waals surface area contributed by atoms with Crippen LogP contribution in [0.1, 0.15) is 27.7 Å². The Morgan fingerprint density at radius 1 is 1.60 bits per heavy atom. The van der Waals surface area contributed by atoms with E-state index in [1.54, 1.807) is 6.92 Å². The Morgan fingerprint density at radius 2 is 2.00 bits per heavy atom. The Bertz CT molecular complexity index is 81.7. The highest BCUT2D eigenvalue weighted by Crippen LogP contribution is 1.72. The molecule has 10 heavy (non-hydrogen) atoms. The Kier molecular flexibility index (Phi) is 10.2. The third kappa shape index (κ3) is 15.7. The van der Waals surface area contributed by atoms with E-state index < -0.39 is 6.10 Å². The van der Waals surface area contributed by atoms with E-state index in [1.807, 2.05) is 13.8 Å². The fourth-order valence-electron chi connectivity index (χ4n) is 0.291. The number of hydrogen-bond acceptors (Lipinski definition) is 2. The maximum atomic E-state index is 10.1. The van der Waals surface area contributed by atoms with Gasteiger partial charge in [-0.25, -0.2) is 0 Å². The highest BCUT2D eigenvalue weighted by Gasteiger charge is 1.93. The first-order valence-electron chi connectivity index (χ1n) is 3.55. The van der Waals surface area contributed by atoms with Crippen LogP contribution in [0.2, 0.25) is 0 Å². The highest BCUT2D eigenvalue weighted by molar-refractivity contribution is 5.72. The standard InChI is InChI=1S/C5H11NO2.C2H6/c1-4(7)3-6-5(2)8;1-2/h4,7H,3H2,1-2H3,(H,6,8);1-2H3. The molecular formula is C7H17NO2. The molecule has 0 aliphatic carbocycles. The Balaban J connectivity index is 0. The molecule has 3 heteroatoms. The largest absolute Gasteiger partial charge is 0.392 e. The SMILES string of the molecule is CC.CC(=O)NCC(C)O. The van der Waals surface area contributed by atoms with Gasteiger partial charge in [-0.15, -0.1) is 0 Å². The minimum Gasteiger partial charge on any atom is -0.392 e. The van der Waals surface area contributed by atoms with Crippen molar-refractivity contribution < 1.29 is 9.90 Å². The second kappa shape index (κ2) is 8.43. The van der Waals surface area contributed by atoms with Crippen molar-refractivity contribution in [1.82, 2.24) is 5.32 Å². The summed E-state index contributed by atoms with van der Waals surface area (Å²) in [4.78, 5) is 10.1.